The smallest absolute Gasteiger partial charge is 0.240 e. The zero-order valence-electron chi connectivity index (χ0n) is 16.2. The van der Waals surface area contributed by atoms with Gasteiger partial charge in [0.1, 0.15) is 0 Å². The number of hydrogen-bond donors (Lipinski definition) is 1. The summed E-state index contributed by atoms with van der Waals surface area (Å²) in [6.45, 7) is 3.77. The van der Waals surface area contributed by atoms with Gasteiger partial charge in [-0.2, -0.15) is 0 Å². The van der Waals surface area contributed by atoms with Crippen LogP contribution >= 0.6 is 0 Å². The highest BCUT2D eigenvalue weighted by Crippen LogP contribution is 2.24. The number of sulfonamides is 1. The summed E-state index contributed by atoms with van der Waals surface area (Å²) in [5, 5.41) is 0. The van der Waals surface area contributed by atoms with Crippen molar-refractivity contribution in [3.63, 3.8) is 0 Å². The number of ether oxygens (including phenoxy) is 1. The summed E-state index contributed by atoms with van der Waals surface area (Å²) in [6.07, 6.45) is 5.05. The van der Waals surface area contributed by atoms with Crippen LogP contribution in [-0.2, 0) is 34.0 Å². The van der Waals surface area contributed by atoms with Gasteiger partial charge in [-0.1, -0.05) is 18.2 Å². The van der Waals surface area contributed by atoms with Crippen LogP contribution in [0.1, 0.15) is 29.5 Å². The Morgan fingerprint density at radius 1 is 0.929 bits per heavy atom. The van der Waals surface area contributed by atoms with Crippen molar-refractivity contribution in [2.75, 3.05) is 37.7 Å². The zero-order chi connectivity index (χ0) is 19.4. The largest absolute Gasteiger partial charge is 0.378 e. The van der Waals surface area contributed by atoms with Crippen molar-refractivity contribution in [1.29, 1.82) is 0 Å². The second-order valence-electron chi connectivity index (χ2n) is 7.55. The van der Waals surface area contributed by atoms with Crippen LogP contribution in [-0.4, -0.2) is 41.3 Å². The number of nitrogens with one attached hydrogen (secondary N) is 1. The lowest BCUT2D eigenvalue weighted by Gasteiger charge is -2.28. The minimum Gasteiger partial charge on any atom is -0.378 e. The highest BCUT2D eigenvalue weighted by atomic mass is 32.2. The van der Waals surface area contributed by atoms with Crippen molar-refractivity contribution in [2.45, 2.75) is 37.0 Å². The molecule has 0 radical (unpaired) electrons. The maximum Gasteiger partial charge on any atom is 0.240 e. The fraction of sp³-hybridized carbons (Fsp3) is 0.455. The second-order valence-corrected chi connectivity index (χ2v) is 9.32. The summed E-state index contributed by atoms with van der Waals surface area (Å²) < 4.78 is 33.4. The number of rotatable bonds is 6. The van der Waals surface area contributed by atoms with Crippen molar-refractivity contribution >= 4 is 15.7 Å². The molecule has 2 aromatic rings. The Kier molecular flexibility index (Phi) is 5.99. The van der Waals surface area contributed by atoms with E-state index >= 15 is 0 Å². The summed E-state index contributed by atoms with van der Waals surface area (Å²) in [5.41, 5.74) is 4.81. The average molecular weight is 401 g/mol. The standard InChI is InChI=1S/C22H28N2O3S/c25-28(26,22-10-7-19-3-1-2-4-20(19)17-22)23-12-11-18-5-8-21(9-6-18)24-13-15-27-16-14-24/h5-10,17,23H,1-4,11-16H2. The molecule has 28 heavy (non-hydrogen) atoms. The Morgan fingerprint density at radius 2 is 1.64 bits per heavy atom. The van der Waals surface area contributed by atoms with E-state index in [0.717, 1.165) is 51.1 Å². The highest BCUT2D eigenvalue weighted by molar-refractivity contribution is 7.89. The van der Waals surface area contributed by atoms with Gasteiger partial charge < -0.3 is 9.64 Å². The second kappa shape index (κ2) is 8.64. The molecule has 0 atom stereocenters. The van der Waals surface area contributed by atoms with Crippen LogP contribution in [0.15, 0.2) is 47.4 Å². The molecule has 1 aliphatic heterocycles. The van der Waals surface area contributed by atoms with Crippen LogP contribution in [0.5, 0.6) is 0 Å². The van der Waals surface area contributed by atoms with E-state index in [1.807, 2.05) is 12.1 Å². The van der Waals surface area contributed by atoms with Crippen LogP contribution in [0, 0.1) is 0 Å². The number of morpholine rings is 1. The number of benzene rings is 2. The molecular formula is C22H28N2O3S. The third-order valence-electron chi connectivity index (χ3n) is 5.65. The van der Waals surface area contributed by atoms with Crippen LogP contribution < -0.4 is 9.62 Å². The summed E-state index contributed by atoms with van der Waals surface area (Å²) in [6, 6.07) is 14.0. The third kappa shape index (κ3) is 4.57. The van der Waals surface area contributed by atoms with Gasteiger partial charge in [0.2, 0.25) is 10.0 Å². The van der Waals surface area contributed by atoms with Crippen LogP contribution in [0.3, 0.4) is 0 Å². The summed E-state index contributed by atoms with van der Waals surface area (Å²) in [7, 11) is -3.46. The molecule has 0 spiro atoms. The molecule has 0 unspecified atom stereocenters. The van der Waals surface area contributed by atoms with E-state index in [-0.39, 0.29) is 0 Å². The number of aryl methyl sites for hydroxylation is 2. The molecule has 1 saturated heterocycles. The van der Waals surface area contributed by atoms with Gasteiger partial charge in [0.05, 0.1) is 18.1 Å². The molecule has 2 aromatic carbocycles. The van der Waals surface area contributed by atoms with E-state index in [4.69, 9.17) is 4.74 Å². The van der Waals surface area contributed by atoms with Crippen molar-refractivity contribution in [3.8, 4) is 0 Å². The Labute approximate surface area is 167 Å². The van der Waals surface area contributed by atoms with Gasteiger partial charge in [-0.3, -0.25) is 0 Å². The van der Waals surface area contributed by atoms with Crippen LogP contribution in [0.4, 0.5) is 5.69 Å². The van der Waals surface area contributed by atoms with Crippen molar-refractivity contribution in [1.82, 2.24) is 4.72 Å². The maximum atomic E-state index is 12.6. The van der Waals surface area contributed by atoms with Gasteiger partial charge in [0.15, 0.2) is 0 Å². The van der Waals surface area contributed by atoms with Crippen LogP contribution in [0.2, 0.25) is 0 Å². The van der Waals surface area contributed by atoms with E-state index in [1.165, 1.54) is 23.2 Å². The predicted octanol–water partition coefficient (Wildman–Crippen LogP) is 2.92. The van der Waals surface area contributed by atoms with E-state index in [2.05, 4.69) is 33.9 Å². The number of anilines is 1. The first-order chi connectivity index (χ1) is 13.6. The monoisotopic (exact) mass is 400 g/mol. The van der Waals surface area contributed by atoms with Gasteiger partial charge in [0, 0.05) is 25.3 Å². The minimum absolute atomic E-state index is 0.385. The fourth-order valence-corrected chi connectivity index (χ4v) is 5.07. The van der Waals surface area contributed by atoms with E-state index in [9.17, 15) is 8.42 Å². The lowest BCUT2D eigenvalue weighted by atomic mass is 9.92. The molecule has 0 bridgehead atoms. The van der Waals surface area contributed by atoms with Gasteiger partial charge in [-0.25, -0.2) is 13.1 Å². The first-order valence-corrected chi connectivity index (χ1v) is 11.6. The topological polar surface area (TPSA) is 58.6 Å². The summed E-state index contributed by atoms with van der Waals surface area (Å²) in [5.74, 6) is 0. The molecule has 1 heterocycles. The zero-order valence-corrected chi connectivity index (χ0v) is 17.0. The third-order valence-corrected chi connectivity index (χ3v) is 7.11. The average Bonchev–Trinajstić information content (AvgIpc) is 2.74. The molecule has 1 fully saturated rings. The Hall–Kier alpha value is -1.89. The minimum atomic E-state index is -3.46. The molecular weight excluding hydrogens is 372 g/mol. The van der Waals surface area contributed by atoms with Crippen molar-refractivity contribution in [2.24, 2.45) is 0 Å². The van der Waals surface area contributed by atoms with Crippen LogP contribution in [0.25, 0.3) is 0 Å². The highest BCUT2D eigenvalue weighted by Gasteiger charge is 2.17. The Bertz CT molecular complexity index is 904. The molecule has 150 valence electrons. The molecule has 0 aromatic heterocycles. The lowest BCUT2D eigenvalue weighted by Crippen LogP contribution is -2.36. The number of nitrogens with zero attached hydrogens (tertiary/aromatic N) is 1. The fourth-order valence-electron chi connectivity index (χ4n) is 3.99. The molecule has 4 rings (SSSR count). The van der Waals surface area contributed by atoms with Gasteiger partial charge in [0.25, 0.3) is 0 Å². The lowest BCUT2D eigenvalue weighted by molar-refractivity contribution is 0.122. The molecule has 5 nitrogen and oxygen atoms in total. The summed E-state index contributed by atoms with van der Waals surface area (Å²) >= 11 is 0. The quantitative estimate of drug-likeness (QED) is 0.810. The van der Waals surface area contributed by atoms with Crippen molar-refractivity contribution in [3.05, 3.63) is 59.2 Å². The molecule has 1 aliphatic carbocycles. The SMILES string of the molecule is O=S(=O)(NCCc1ccc(N2CCOCC2)cc1)c1ccc2c(c1)CCCC2. The summed E-state index contributed by atoms with van der Waals surface area (Å²) in [4.78, 5) is 2.70. The number of hydrogen-bond acceptors (Lipinski definition) is 4. The van der Waals surface area contributed by atoms with Gasteiger partial charge in [-0.15, -0.1) is 0 Å². The Balaban J connectivity index is 1.34. The van der Waals surface area contributed by atoms with E-state index in [0.29, 0.717) is 17.9 Å². The maximum absolute atomic E-state index is 12.6. The molecule has 0 amide bonds. The molecule has 6 heteroatoms. The van der Waals surface area contributed by atoms with Gasteiger partial charge in [-0.05, 0) is 73.1 Å². The number of fused-ring (bicyclic) bond motifs is 1. The molecule has 2 aliphatic rings. The Morgan fingerprint density at radius 3 is 2.39 bits per heavy atom. The van der Waals surface area contributed by atoms with E-state index in [1.54, 1.807) is 6.07 Å². The molecule has 1 N–H and O–H groups in total. The first-order valence-electron chi connectivity index (χ1n) is 10.1. The van der Waals surface area contributed by atoms with E-state index < -0.39 is 10.0 Å². The first kappa shape index (κ1) is 19.4. The molecule has 0 saturated carbocycles. The normalized spacial score (nSPS) is 17.4. The van der Waals surface area contributed by atoms with Crippen molar-refractivity contribution < 1.29 is 13.2 Å². The predicted molar refractivity (Wildman–Crippen MR) is 111 cm³/mol. The van der Waals surface area contributed by atoms with Gasteiger partial charge >= 0.3 is 0 Å².